The molecule has 4 heteroatoms. The summed E-state index contributed by atoms with van der Waals surface area (Å²) in [5.41, 5.74) is 0.948. The molecule has 0 saturated heterocycles. The summed E-state index contributed by atoms with van der Waals surface area (Å²) >= 11 is 5.30. The molecule has 0 bridgehead atoms. The highest BCUT2D eigenvalue weighted by Gasteiger charge is 1.98. The van der Waals surface area contributed by atoms with Crippen molar-refractivity contribution in [1.82, 2.24) is 0 Å². The second-order valence-electron chi connectivity index (χ2n) is 3.71. The van der Waals surface area contributed by atoms with E-state index in [2.05, 4.69) is 27.3 Å². The van der Waals surface area contributed by atoms with Crippen LogP contribution in [0.5, 0.6) is 0 Å². The van der Waals surface area contributed by atoms with Crippen LogP contribution in [0.25, 0.3) is 0 Å². The third-order valence-corrected chi connectivity index (χ3v) is 4.40. The van der Waals surface area contributed by atoms with Gasteiger partial charge in [0.05, 0.1) is 0 Å². The molecule has 0 radical (unpaired) electrons. The Balaban J connectivity index is 1.76. The van der Waals surface area contributed by atoms with Crippen LogP contribution in [0.2, 0.25) is 0 Å². The molecule has 0 spiro atoms. The lowest BCUT2D eigenvalue weighted by molar-refractivity contribution is 0.628. The second kappa shape index (κ2) is 6.81. The first-order valence-electron chi connectivity index (χ1n) is 5.62. The predicted octanol–water partition coefficient (Wildman–Crippen LogP) is 4.79. The van der Waals surface area contributed by atoms with Gasteiger partial charge in [-0.15, -0.1) is 11.8 Å². The van der Waals surface area contributed by atoms with E-state index in [4.69, 9.17) is 0 Å². The molecule has 0 aliphatic carbocycles. The minimum absolute atomic E-state index is 0.205. The number of thioether (sulfide) groups is 1. The molecule has 1 nitrogen and oxygen atoms in total. The molecule has 2 aromatic rings. The van der Waals surface area contributed by atoms with Gasteiger partial charge in [0, 0.05) is 27.4 Å². The lowest BCUT2D eigenvalue weighted by atomic mass is 10.3. The predicted molar refractivity (Wildman–Crippen MR) is 79.8 cm³/mol. The molecular formula is C14H13BrFNS. The highest BCUT2D eigenvalue weighted by atomic mass is 79.9. The van der Waals surface area contributed by atoms with Gasteiger partial charge < -0.3 is 5.32 Å². The number of hydrogen-bond donors (Lipinski definition) is 1. The van der Waals surface area contributed by atoms with Gasteiger partial charge in [-0.3, -0.25) is 0 Å². The second-order valence-corrected chi connectivity index (χ2v) is 5.70. The van der Waals surface area contributed by atoms with E-state index in [9.17, 15) is 4.39 Å². The van der Waals surface area contributed by atoms with Gasteiger partial charge in [-0.1, -0.05) is 12.1 Å². The molecule has 0 saturated carbocycles. The summed E-state index contributed by atoms with van der Waals surface area (Å²) in [5.74, 6) is 0.753. The van der Waals surface area contributed by atoms with Gasteiger partial charge in [-0.2, -0.15) is 0 Å². The molecule has 0 aromatic heterocycles. The molecule has 0 unspecified atom stereocenters. The van der Waals surface area contributed by atoms with Crippen molar-refractivity contribution in [3.63, 3.8) is 0 Å². The summed E-state index contributed by atoms with van der Waals surface area (Å²) in [6.07, 6.45) is 0. The van der Waals surface area contributed by atoms with Gasteiger partial charge in [-0.25, -0.2) is 4.39 Å². The molecular weight excluding hydrogens is 313 g/mol. The Hall–Kier alpha value is -1.00. The van der Waals surface area contributed by atoms with E-state index in [-0.39, 0.29) is 5.82 Å². The van der Waals surface area contributed by atoms with Crippen LogP contribution in [0.1, 0.15) is 0 Å². The number of benzene rings is 2. The summed E-state index contributed by atoms with van der Waals surface area (Å²) in [5, 5.41) is 3.26. The Bertz CT molecular complexity index is 501. The van der Waals surface area contributed by atoms with Gasteiger partial charge in [0.15, 0.2) is 0 Å². The first kappa shape index (κ1) is 13.4. The molecule has 1 N–H and O–H groups in total. The summed E-state index contributed by atoms with van der Waals surface area (Å²) in [6, 6.07) is 14.6. The van der Waals surface area contributed by atoms with Crippen LogP contribution in [0, 0.1) is 5.82 Å². The average molecular weight is 326 g/mol. The zero-order valence-corrected chi connectivity index (χ0v) is 12.1. The lowest BCUT2D eigenvalue weighted by Gasteiger charge is -2.07. The Morgan fingerprint density at radius 3 is 2.50 bits per heavy atom. The maximum Gasteiger partial charge on any atom is 0.123 e. The van der Waals surface area contributed by atoms with Gasteiger partial charge >= 0.3 is 0 Å². The van der Waals surface area contributed by atoms with Gasteiger partial charge in [0.1, 0.15) is 5.82 Å². The largest absolute Gasteiger partial charge is 0.384 e. The molecule has 0 amide bonds. The van der Waals surface area contributed by atoms with E-state index in [1.165, 1.54) is 17.0 Å². The Kier molecular flexibility index (Phi) is 5.08. The van der Waals surface area contributed by atoms with E-state index >= 15 is 0 Å². The van der Waals surface area contributed by atoms with Crippen molar-refractivity contribution in [2.75, 3.05) is 17.6 Å². The SMILES string of the molecule is Fc1ccc(NCCSc2ccccc2Br)cc1. The average Bonchev–Trinajstić information content (AvgIpc) is 2.39. The van der Waals surface area contributed by atoms with Crippen LogP contribution in [0.15, 0.2) is 57.9 Å². The normalized spacial score (nSPS) is 10.3. The van der Waals surface area contributed by atoms with Crippen LogP contribution < -0.4 is 5.32 Å². The molecule has 94 valence electrons. The highest BCUT2D eigenvalue weighted by Crippen LogP contribution is 2.26. The Morgan fingerprint density at radius 2 is 1.78 bits per heavy atom. The summed E-state index contributed by atoms with van der Waals surface area (Å²) in [6.45, 7) is 0.845. The molecule has 0 atom stereocenters. The van der Waals surface area contributed by atoms with E-state index < -0.39 is 0 Å². The van der Waals surface area contributed by atoms with Gasteiger partial charge in [0.2, 0.25) is 0 Å². The molecule has 18 heavy (non-hydrogen) atoms. The van der Waals surface area contributed by atoms with E-state index in [0.717, 1.165) is 22.5 Å². The Morgan fingerprint density at radius 1 is 1.06 bits per heavy atom. The van der Waals surface area contributed by atoms with E-state index in [1.54, 1.807) is 23.9 Å². The van der Waals surface area contributed by atoms with E-state index in [0.29, 0.717) is 0 Å². The number of nitrogens with one attached hydrogen (secondary N) is 1. The topological polar surface area (TPSA) is 12.0 Å². The van der Waals surface area contributed by atoms with E-state index in [1.807, 2.05) is 18.2 Å². The van der Waals surface area contributed by atoms with Crippen molar-refractivity contribution in [2.45, 2.75) is 4.90 Å². The van der Waals surface area contributed by atoms with Crippen molar-refractivity contribution in [3.05, 3.63) is 58.8 Å². The third kappa shape index (κ3) is 4.03. The van der Waals surface area contributed by atoms with Crippen molar-refractivity contribution >= 4 is 33.4 Å². The van der Waals surface area contributed by atoms with Crippen molar-refractivity contribution in [1.29, 1.82) is 0 Å². The number of halogens is 2. The highest BCUT2D eigenvalue weighted by molar-refractivity contribution is 9.10. The number of hydrogen-bond acceptors (Lipinski definition) is 2. The van der Waals surface area contributed by atoms with Crippen LogP contribution in [0.4, 0.5) is 10.1 Å². The van der Waals surface area contributed by atoms with Gasteiger partial charge in [-0.05, 0) is 52.3 Å². The fraction of sp³-hybridized carbons (Fsp3) is 0.143. The molecule has 0 aliphatic rings. The van der Waals surface area contributed by atoms with Crippen LogP contribution in [-0.4, -0.2) is 12.3 Å². The van der Waals surface area contributed by atoms with Crippen LogP contribution >= 0.6 is 27.7 Å². The molecule has 0 heterocycles. The standard InChI is InChI=1S/C14H13BrFNS/c15-13-3-1-2-4-14(13)18-10-9-17-12-7-5-11(16)6-8-12/h1-8,17H,9-10H2. The van der Waals surface area contributed by atoms with Crippen molar-refractivity contribution < 1.29 is 4.39 Å². The quantitative estimate of drug-likeness (QED) is 0.626. The van der Waals surface area contributed by atoms with Crippen molar-refractivity contribution in [2.24, 2.45) is 0 Å². The van der Waals surface area contributed by atoms with Crippen LogP contribution in [-0.2, 0) is 0 Å². The summed E-state index contributed by atoms with van der Waals surface area (Å²) in [4.78, 5) is 1.23. The lowest BCUT2D eigenvalue weighted by Crippen LogP contribution is -2.03. The third-order valence-electron chi connectivity index (χ3n) is 2.37. The van der Waals surface area contributed by atoms with Crippen LogP contribution in [0.3, 0.4) is 0 Å². The molecule has 0 fully saturated rings. The van der Waals surface area contributed by atoms with Gasteiger partial charge in [0.25, 0.3) is 0 Å². The maximum atomic E-state index is 12.7. The summed E-state index contributed by atoms with van der Waals surface area (Å²) < 4.78 is 13.8. The number of rotatable bonds is 5. The zero-order valence-electron chi connectivity index (χ0n) is 9.70. The first-order chi connectivity index (χ1) is 8.75. The number of anilines is 1. The molecule has 0 aliphatic heterocycles. The monoisotopic (exact) mass is 325 g/mol. The minimum atomic E-state index is -0.205. The first-order valence-corrected chi connectivity index (χ1v) is 7.40. The Labute approximate surface area is 119 Å². The van der Waals surface area contributed by atoms with Crippen molar-refractivity contribution in [3.8, 4) is 0 Å². The zero-order chi connectivity index (χ0) is 12.8. The molecule has 2 rings (SSSR count). The smallest absolute Gasteiger partial charge is 0.123 e. The fourth-order valence-corrected chi connectivity index (χ4v) is 2.92. The molecule has 2 aromatic carbocycles. The fourth-order valence-electron chi connectivity index (χ4n) is 1.49. The summed E-state index contributed by atoms with van der Waals surface area (Å²) in [7, 11) is 0. The maximum absolute atomic E-state index is 12.7. The minimum Gasteiger partial charge on any atom is -0.384 e.